The summed E-state index contributed by atoms with van der Waals surface area (Å²) < 4.78 is 4.88. The van der Waals surface area contributed by atoms with E-state index in [1.165, 1.54) is 12.2 Å². The van der Waals surface area contributed by atoms with Gasteiger partial charge in [0.2, 0.25) is 0 Å². The third-order valence-corrected chi connectivity index (χ3v) is 2.98. The maximum Gasteiger partial charge on any atom is 0.330 e. The Morgan fingerprint density at radius 1 is 1.69 bits per heavy atom. The van der Waals surface area contributed by atoms with Crippen LogP contribution in [-0.4, -0.2) is 29.6 Å². The Balaban J connectivity index is 1.94. The van der Waals surface area contributed by atoms with Crippen molar-refractivity contribution in [3.8, 4) is 0 Å². The van der Waals surface area contributed by atoms with Crippen molar-refractivity contribution in [1.82, 2.24) is 0 Å². The highest BCUT2D eigenvalue weighted by molar-refractivity contribution is 6.01. The van der Waals surface area contributed by atoms with Crippen LogP contribution < -0.4 is 0 Å². The number of aliphatic hydroxyl groups excluding tert-OH is 1. The molecule has 0 aromatic rings. The van der Waals surface area contributed by atoms with Gasteiger partial charge in [0.25, 0.3) is 0 Å². The lowest BCUT2D eigenvalue weighted by atomic mass is 9.97. The van der Waals surface area contributed by atoms with E-state index in [2.05, 4.69) is 0 Å². The summed E-state index contributed by atoms with van der Waals surface area (Å²) in [6, 6.07) is 0. The van der Waals surface area contributed by atoms with Gasteiger partial charge in [0.15, 0.2) is 5.78 Å². The molecule has 3 atom stereocenters. The lowest BCUT2D eigenvalue weighted by Crippen LogP contribution is -2.23. The van der Waals surface area contributed by atoms with Crippen molar-refractivity contribution in [1.29, 1.82) is 0 Å². The van der Waals surface area contributed by atoms with E-state index in [1.807, 2.05) is 0 Å². The third kappa shape index (κ3) is 2.07. The van der Waals surface area contributed by atoms with Gasteiger partial charge in [-0.2, -0.15) is 0 Å². The Kier molecular flexibility index (Phi) is 2.92. The largest absolute Gasteiger partial charge is 0.458 e. The predicted octanol–water partition coefficient (Wildman–Crippen LogP) is 0.612. The number of aliphatic hydroxyl groups is 1. The first-order valence-corrected chi connectivity index (χ1v) is 5.36. The fourth-order valence-corrected chi connectivity index (χ4v) is 2.00. The van der Waals surface area contributed by atoms with E-state index in [-0.39, 0.29) is 24.2 Å². The van der Waals surface area contributed by atoms with Crippen LogP contribution in [0.3, 0.4) is 0 Å². The Hall–Kier alpha value is -1.42. The molecule has 2 rings (SSSR count). The van der Waals surface area contributed by atoms with Crippen LogP contribution >= 0.6 is 0 Å². The summed E-state index contributed by atoms with van der Waals surface area (Å²) in [7, 11) is 0. The van der Waals surface area contributed by atoms with Crippen LogP contribution in [0.1, 0.15) is 13.3 Å². The maximum atomic E-state index is 11.7. The number of allylic oxidation sites excluding steroid dienone is 1. The molecule has 16 heavy (non-hydrogen) atoms. The molecule has 2 aliphatic carbocycles. The van der Waals surface area contributed by atoms with Crippen LogP contribution in [0.4, 0.5) is 0 Å². The summed E-state index contributed by atoms with van der Waals surface area (Å²) in [5.41, 5.74) is 0.420. The van der Waals surface area contributed by atoms with Crippen LogP contribution in [0.15, 0.2) is 23.8 Å². The molecular weight excluding hydrogens is 208 g/mol. The zero-order valence-electron chi connectivity index (χ0n) is 9.05. The van der Waals surface area contributed by atoms with Crippen molar-refractivity contribution in [3.63, 3.8) is 0 Å². The Labute approximate surface area is 93.6 Å². The number of fused-ring (bicyclic) bond motifs is 1. The number of rotatable bonds is 3. The van der Waals surface area contributed by atoms with Gasteiger partial charge in [-0.05, 0) is 25.3 Å². The molecule has 4 heteroatoms. The number of hydrogen-bond acceptors (Lipinski definition) is 4. The lowest BCUT2D eigenvalue weighted by Gasteiger charge is -2.15. The fourth-order valence-electron chi connectivity index (χ4n) is 2.00. The summed E-state index contributed by atoms with van der Waals surface area (Å²) in [5, 5.41) is 9.59. The highest BCUT2D eigenvalue weighted by Gasteiger charge is 2.50. The smallest absolute Gasteiger partial charge is 0.330 e. The van der Waals surface area contributed by atoms with Crippen molar-refractivity contribution >= 4 is 11.8 Å². The number of carbonyl (C=O) groups excluding carboxylic acids is 2. The average molecular weight is 222 g/mol. The predicted molar refractivity (Wildman–Crippen MR) is 56.5 cm³/mol. The molecule has 1 N–H and O–H groups in total. The highest BCUT2D eigenvalue weighted by Crippen LogP contribution is 2.46. The van der Waals surface area contributed by atoms with E-state index >= 15 is 0 Å². The Morgan fingerprint density at radius 2 is 2.44 bits per heavy atom. The number of ketones is 1. The molecular formula is C12H14O4. The van der Waals surface area contributed by atoms with E-state index in [0.29, 0.717) is 5.57 Å². The third-order valence-electron chi connectivity index (χ3n) is 2.98. The molecule has 1 saturated carbocycles. The minimum absolute atomic E-state index is 0.0172. The van der Waals surface area contributed by atoms with E-state index in [0.717, 1.165) is 6.42 Å². The van der Waals surface area contributed by atoms with Crippen LogP contribution in [-0.2, 0) is 14.3 Å². The Bertz CT molecular complexity index is 380. The van der Waals surface area contributed by atoms with Crippen molar-refractivity contribution in [2.24, 2.45) is 11.8 Å². The monoisotopic (exact) mass is 222 g/mol. The van der Waals surface area contributed by atoms with Gasteiger partial charge in [0.05, 0.1) is 6.10 Å². The standard InChI is InChI=1S/C12H14O4/c1-2-3-11(14)16-6-7-4-10(13)8-5-9(8)12(7)15/h2-4,8-10,13H,5-6H2,1H3/b3-2+/t8-,9+,10+/m1/s1. The van der Waals surface area contributed by atoms with E-state index in [1.54, 1.807) is 13.0 Å². The van der Waals surface area contributed by atoms with Gasteiger partial charge >= 0.3 is 5.97 Å². The molecule has 1 fully saturated rings. The molecule has 0 aromatic carbocycles. The van der Waals surface area contributed by atoms with Crippen LogP contribution in [0.5, 0.6) is 0 Å². The minimum atomic E-state index is -0.557. The van der Waals surface area contributed by atoms with Crippen molar-refractivity contribution in [2.75, 3.05) is 6.61 Å². The van der Waals surface area contributed by atoms with E-state index in [4.69, 9.17) is 4.74 Å². The molecule has 86 valence electrons. The zero-order chi connectivity index (χ0) is 11.7. The summed E-state index contributed by atoms with van der Waals surface area (Å²) in [5.74, 6) is -0.398. The number of Topliss-reactive ketones (excluding diaryl/α,β-unsaturated/α-hetero) is 1. The van der Waals surface area contributed by atoms with Crippen LogP contribution in [0, 0.1) is 11.8 Å². The van der Waals surface area contributed by atoms with Gasteiger partial charge in [-0.3, -0.25) is 4.79 Å². The first-order chi connectivity index (χ1) is 7.63. The molecule has 0 aromatic heterocycles. The molecule has 0 radical (unpaired) electrons. The second kappa shape index (κ2) is 4.22. The van der Waals surface area contributed by atoms with Crippen molar-refractivity contribution < 1.29 is 19.4 Å². The normalized spacial score (nSPS) is 32.2. The van der Waals surface area contributed by atoms with Gasteiger partial charge in [-0.25, -0.2) is 4.79 Å². The molecule has 0 aliphatic heterocycles. The van der Waals surface area contributed by atoms with Crippen LogP contribution in [0.2, 0.25) is 0 Å². The van der Waals surface area contributed by atoms with E-state index < -0.39 is 12.1 Å². The highest BCUT2D eigenvalue weighted by atomic mass is 16.5. The van der Waals surface area contributed by atoms with Gasteiger partial charge in [-0.1, -0.05) is 6.08 Å². The second-order valence-corrected chi connectivity index (χ2v) is 4.16. The van der Waals surface area contributed by atoms with Crippen molar-refractivity contribution in [2.45, 2.75) is 19.4 Å². The van der Waals surface area contributed by atoms with Gasteiger partial charge < -0.3 is 9.84 Å². The van der Waals surface area contributed by atoms with Gasteiger partial charge in [0, 0.05) is 17.6 Å². The summed E-state index contributed by atoms with van der Waals surface area (Å²) in [6.07, 6.45) is 4.58. The Morgan fingerprint density at radius 3 is 3.12 bits per heavy atom. The average Bonchev–Trinajstić information content (AvgIpc) is 3.02. The van der Waals surface area contributed by atoms with E-state index in [9.17, 15) is 14.7 Å². The topological polar surface area (TPSA) is 63.6 Å². The first kappa shape index (κ1) is 11.1. The minimum Gasteiger partial charge on any atom is -0.458 e. The number of ether oxygens (including phenoxy) is 1. The molecule has 0 heterocycles. The zero-order valence-corrected chi connectivity index (χ0v) is 9.05. The number of carbonyl (C=O) groups is 2. The fraction of sp³-hybridized carbons (Fsp3) is 0.500. The molecule has 0 spiro atoms. The molecule has 0 unspecified atom stereocenters. The number of esters is 1. The molecule has 0 amide bonds. The maximum absolute atomic E-state index is 11.7. The molecule has 0 bridgehead atoms. The molecule has 0 saturated heterocycles. The van der Waals surface area contributed by atoms with Crippen molar-refractivity contribution in [3.05, 3.63) is 23.8 Å². The first-order valence-electron chi connectivity index (χ1n) is 5.36. The van der Waals surface area contributed by atoms with Gasteiger partial charge in [0.1, 0.15) is 6.61 Å². The summed E-state index contributed by atoms with van der Waals surface area (Å²) in [4.78, 5) is 22.8. The lowest BCUT2D eigenvalue weighted by molar-refractivity contribution is -0.137. The summed E-state index contributed by atoms with van der Waals surface area (Å²) in [6.45, 7) is 1.67. The SMILES string of the molecule is C/C=C/C(=O)OCC1=C[C@H](O)[C@@H]2C[C@@H]2C1=O. The second-order valence-electron chi connectivity index (χ2n) is 4.16. The summed E-state index contributed by atoms with van der Waals surface area (Å²) >= 11 is 0. The molecule has 4 nitrogen and oxygen atoms in total. The quantitative estimate of drug-likeness (QED) is 0.561. The van der Waals surface area contributed by atoms with Gasteiger partial charge in [-0.15, -0.1) is 0 Å². The molecule has 2 aliphatic rings. The number of hydrogen-bond donors (Lipinski definition) is 1. The van der Waals surface area contributed by atoms with Crippen LogP contribution in [0.25, 0.3) is 0 Å².